The van der Waals surface area contributed by atoms with Crippen LogP contribution in [0.5, 0.6) is 0 Å². The number of pyridine rings is 1. The molecule has 3 heteroatoms. The monoisotopic (exact) mass is 255 g/mol. The Bertz CT molecular complexity index is 369. The summed E-state index contributed by atoms with van der Waals surface area (Å²) in [5, 5.41) is 0. The van der Waals surface area contributed by atoms with Gasteiger partial charge < -0.3 is 4.18 Å². The number of rotatable bonds is 4. The van der Waals surface area contributed by atoms with E-state index >= 15 is 0 Å². The predicted octanol–water partition coefficient (Wildman–Crippen LogP) is 3.94. The van der Waals surface area contributed by atoms with Crippen molar-refractivity contribution < 1.29 is 4.18 Å². The molecule has 0 unspecified atom stereocenters. The molecule has 1 heterocycles. The Morgan fingerprint density at radius 1 is 1.18 bits per heavy atom. The highest BCUT2D eigenvalue weighted by molar-refractivity contribution is 8.29. The summed E-state index contributed by atoms with van der Waals surface area (Å²) in [6.45, 7) is 9.44. The lowest BCUT2D eigenvalue weighted by Gasteiger charge is -2.43. The van der Waals surface area contributed by atoms with E-state index in [1.54, 1.807) is 0 Å². The highest BCUT2D eigenvalue weighted by Gasteiger charge is 2.28. The average Bonchev–Trinajstić information content (AvgIpc) is 2.25. The standard InChI is InChI=1S/C14H25NOS/c1-7-12-9-8-10-13(15-12)11-16-17(5,6)14(2,3)4/h8-10H,7,11H2,1-6H3. The number of hydrogen-bond donors (Lipinski definition) is 0. The molecule has 0 radical (unpaired) electrons. The van der Waals surface area contributed by atoms with E-state index in [0.29, 0.717) is 6.61 Å². The van der Waals surface area contributed by atoms with E-state index in [9.17, 15) is 0 Å². The van der Waals surface area contributed by atoms with Crippen LogP contribution in [0.2, 0.25) is 0 Å². The van der Waals surface area contributed by atoms with Crippen LogP contribution < -0.4 is 0 Å². The minimum Gasteiger partial charge on any atom is -0.330 e. The van der Waals surface area contributed by atoms with Gasteiger partial charge in [-0.25, -0.2) is 0 Å². The highest BCUT2D eigenvalue weighted by Crippen LogP contribution is 2.54. The highest BCUT2D eigenvalue weighted by atomic mass is 32.3. The van der Waals surface area contributed by atoms with Crippen molar-refractivity contribution in [1.82, 2.24) is 4.98 Å². The molecule has 17 heavy (non-hydrogen) atoms. The molecule has 0 bridgehead atoms. The quantitative estimate of drug-likeness (QED) is 0.813. The first-order valence-corrected chi connectivity index (χ1v) is 8.46. The van der Waals surface area contributed by atoms with Gasteiger partial charge in [0.1, 0.15) is 6.61 Å². The first-order chi connectivity index (χ1) is 7.76. The van der Waals surface area contributed by atoms with Crippen molar-refractivity contribution >= 4 is 10.3 Å². The minimum absolute atomic E-state index is 0.204. The topological polar surface area (TPSA) is 22.1 Å². The molecule has 1 aromatic heterocycles. The van der Waals surface area contributed by atoms with E-state index < -0.39 is 10.3 Å². The molecule has 0 aliphatic carbocycles. The van der Waals surface area contributed by atoms with E-state index in [-0.39, 0.29) is 4.75 Å². The molecule has 0 fully saturated rings. The maximum atomic E-state index is 6.10. The van der Waals surface area contributed by atoms with Crippen molar-refractivity contribution in [2.45, 2.75) is 45.5 Å². The lowest BCUT2D eigenvalue weighted by Crippen LogP contribution is -2.25. The molecule has 0 amide bonds. The van der Waals surface area contributed by atoms with Gasteiger partial charge in [-0.05, 0) is 31.1 Å². The van der Waals surface area contributed by atoms with Crippen LogP contribution in [0.3, 0.4) is 0 Å². The molecule has 0 saturated carbocycles. The zero-order valence-electron chi connectivity index (χ0n) is 11.9. The first-order valence-electron chi connectivity index (χ1n) is 6.08. The van der Waals surface area contributed by atoms with Crippen molar-refractivity contribution in [3.05, 3.63) is 29.6 Å². The van der Waals surface area contributed by atoms with Crippen LogP contribution >= 0.6 is 10.3 Å². The molecule has 0 aliphatic heterocycles. The third-order valence-corrected chi connectivity index (χ3v) is 6.86. The van der Waals surface area contributed by atoms with Crippen molar-refractivity contribution in [2.24, 2.45) is 0 Å². The van der Waals surface area contributed by atoms with Gasteiger partial charge in [0.2, 0.25) is 0 Å². The van der Waals surface area contributed by atoms with Gasteiger partial charge in [-0.2, -0.15) is 0 Å². The summed E-state index contributed by atoms with van der Waals surface area (Å²) in [4.78, 5) is 4.56. The van der Waals surface area contributed by atoms with Crippen LogP contribution in [0.25, 0.3) is 0 Å². The Morgan fingerprint density at radius 3 is 2.29 bits per heavy atom. The molecule has 0 N–H and O–H groups in total. The van der Waals surface area contributed by atoms with Gasteiger partial charge in [0.25, 0.3) is 0 Å². The Balaban J connectivity index is 2.67. The van der Waals surface area contributed by atoms with Crippen LogP contribution in [0.1, 0.15) is 39.1 Å². The molecule has 1 rings (SSSR count). The van der Waals surface area contributed by atoms with Crippen LogP contribution in [0.15, 0.2) is 18.2 Å². The second-order valence-electron chi connectivity index (χ2n) is 5.58. The molecule has 1 aromatic rings. The predicted molar refractivity (Wildman–Crippen MR) is 77.6 cm³/mol. The molecule has 0 spiro atoms. The maximum absolute atomic E-state index is 6.10. The molecule has 0 aliphatic rings. The van der Waals surface area contributed by atoms with Crippen LogP contribution in [-0.2, 0) is 17.2 Å². The van der Waals surface area contributed by atoms with Crippen LogP contribution in [0, 0.1) is 0 Å². The minimum atomic E-state index is -1.06. The van der Waals surface area contributed by atoms with E-state index in [2.05, 4.69) is 57.3 Å². The third kappa shape index (κ3) is 4.00. The van der Waals surface area contributed by atoms with Crippen molar-refractivity contribution in [3.63, 3.8) is 0 Å². The van der Waals surface area contributed by atoms with Crippen LogP contribution in [0.4, 0.5) is 0 Å². The van der Waals surface area contributed by atoms with E-state index in [0.717, 1.165) is 17.8 Å². The zero-order valence-corrected chi connectivity index (χ0v) is 12.7. The molecule has 98 valence electrons. The summed E-state index contributed by atoms with van der Waals surface area (Å²) in [7, 11) is -1.06. The molecule has 0 atom stereocenters. The Morgan fingerprint density at radius 2 is 1.76 bits per heavy atom. The second-order valence-corrected chi connectivity index (χ2v) is 9.51. The maximum Gasteiger partial charge on any atom is 0.101 e. The van der Waals surface area contributed by atoms with Gasteiger partial charge >= 0.3 is 0 Å². The van der Waals surface area contributed by atoms with E-state index in [1.165, 1.54) is 0 Å². The van der Waals surface area contributed by atoms with Crippen molar-refractivity contribution in [3.8, 4) is 0 Å². The van der Waals surface area contributed by atoms with Gasteiger partial charge in [-0.3, -0.25) is 4.98 Å². The number of nitrogens with zero attached hydrogens (tertiary/aromatic N) is 1. The summed E-state index contributed by atoms with van der Waals surface area (Å²) in [5.41, 5.74) is 2.17. The Labute approximate surface area is 107 Å². The first kappa shape index (κ1) is 14.5. The Kier molecular flexibility index (Phi) is 4.62. The fourth-order valence-corrected chi connectivity index (χ4v) is 1.96. The molecule has 0 aromatic carbocycles. The summed E-state index contributed by atoms with van der Waals surface area (Å²) >= 11 is 0. The van der Waals surface area contributed by atoms with Gasteiger partial charge in [0.05, 0.1) is 5.69 Å². The summed E-state index contributed by atoms with van der Waals surface area (Å²) < 4.78 is 6.30. The van der Waals surface area contributed by atoms with E-state index in [1.807, 2.05) is 6.07 Å². The van der Waals surface area contributed by atoms with Gasteiger partial charge in [-0.15, -0.1) is 10.3 Å². The van der Waals surface area contributed by atoms with Gasteiger partial charge in [0.15, 0.2) is 0 Å². The largest absolute Gasteiger partial charge is 0.330 e. The molecular formula is C14H25NOS. The smallest absolute Gasteiger partial charge is 0.101 e. The van der Waals surface area contributed by atoms with Gasteiger partial charge in [0, 0.05) is 10.4 Å². The lowest BCUT2D eigenvalue weighted by atomic mass is 10.2. The molecule has 0 saturated heterocycles. The van der Waals surface area contributed by atoms with Gasteiger partial charge in [-0.1, -0.05) is 33.8 Å². The second kappa shape index (κ2) is 5.40. The zero-order chi connectivity index (χ0) is 13.1. The normalized spacial score (nSPS) is 13.8. The fraction of sp³-hybridized carbons (Fsp3) is 0.643. The van der Waals surface area contributed by atoms with Crippen LogP contribution in [-0.4, -0.2) is 22.2 Å². The summed E-state index contributed by atoms with van der Waals surface area (Å²) in [6.07, 6.45) is 5.41. The molecule has 2 nitrogen and oxygen atoms in total. The number of aromatic nitrogens is 1. The number of aryl methyl sites for hydroxylation is 1. The SMILES string of the molecule is CCc1cccc(COS(C)(C)C(C)(C)C)n1. The number of hydrogen-bond acceptors (Lipinski definition) is 2. The average molecular weight is 255 g/mol. The lowest BCUT2D eigenvalue weighted by molar-refractivity contribution is 0.333. The summed E-state index contributed by atoms with van der Waals surface area (Å²) in [5.74, 6) is 0. The van der Waals surface area contributed by atoms with Crippen molar-refractivity contribution in [1.29, 1.82) is 0 Å². The van der Waals surface area contributed by atoms with E-state index in [4.69, 9.17) is 4.18 Å². The summed E-state index contributed by atoms with van der Waals surface area (Å²) in [6, 6.07) is 6.16. The van der Waals surface area contributed by atoms with Crippen molar-refractivity contribution in [2.75, 3.05) is 12.5 Å². The Hall–Kier alpha value is -0.540. The fourth-order valence-electron chi connectivity index (χ4n) is 1.19. The molecular weight excluding hydrogens is 230 g/mol. The third-order valence-electron chi connectivity index (χ3n) is 3.20.